The van der Waals surface area contributed by atoms with Crippen molar-refractivity contribution in [3.63, 3.8) is 0 Å². The van der Waals surface area contributed by atoms with Crippen LogP contribution in [-0.4, -0.2) is 193 Å². The first-order chi connectivity index (χ1) is 38.8. The van der Waals surface area contributed by atoms with Gasteiger partial charge in [-0.2, -0.15) is 0 Å². The van der Waals surface area contributed by atoms with Crippen LogP contribution in [0.15, 0.2) is 24.3 Å². The Labute approximate surface area is 479 Å². The second-order valence-corrected chi connectivity index (χ2v) is 22.9. The summed E-state index contributed by atoms with van der Waals surface area (Å²) in [6, 6.07) is -0.985. The number of amides is 1. The van der Waals surface area contributed by atoms with Crippen molar-refractivity contribution in [2.75, 3.05) is 26.4 Å². The maximum atomic E-state index is 13.3. The Balaban J connectivity index is 1.48. The molecule has 470 valence electrons. The van der Waals surface area contributed by atoms with Gasteiger partial charge in [-0.1, -0.05) is 212 Å². The van der Waals surface area contributed by atoms with Gasteiger partial charge in [0, 0.05) is 6.42 Å². The second kappa shape index (κ2) is 44.7. The molecule has 0 aromatic carbocycles. The lowest BCUT2D eigenvalue weighted by Gasteiger charge is -2.48. The van der Waals surface area contributed by atoms with Crippen molar-refractivity contribution in [3.8, 4) is 0 Å². The topological polar surface area (TPSA) is 307 Å². The van der Waals surface area contributed by atoms with E-state index in [0.29, 0.717) is 12.8 Å². The lowest BCUT2D eigenvalue weighted by molar-refractivity contribution is -0.379. The molecule has 1 amide bonds. The van der Waals surface area contributed by atoms with Crippen molar-refractivity contribution in [1.29, 1.82) is 0 Å². The highest BCUT2D eigenvalue weighted by Crippen LogP contribution is 2.33. The molecular formula is C61H113NO18. The summed E-state index contributed by atoms with van der Waals surface area (Å²) in [5, 5.41) is 120. The van der Waals surface area contributed by atoms with Crippen LogP contribution in [0.3, 0.4) is 0 Å². The number of ether oxygens (including phenoxy) is 6. The van der Waals surface area contributed by atoms with E-state index in [1.54, 1.807) is 6.08 Å². The van der Waals surface area contributed by atoms with Gasteiger partial charge in [-0.3, -0.25) is 4.79 Å². The standard InChI is InChI=1S/C61H113NO18/c1-3-5-7-9-11-13-15-17-19-20-21-22-23-24-25-27-29-31-33-35-37-39-49(67)62-44(45(66)38-36-34-32-30-28-26-18-16-14-12-10-8-6-4-2)43-75-59-55(73)52(70)57(47(41-64)77-59)80-61-56(74)53(71)58(48(42-65)78-61)79-60-54(72)51(69)50(68)46(40-63)76-60/h28,30,36,38,44-48,50-61,63-66,68-74H,3-27,29,31-35,37,39-43H2,1-2H3,(H,62,67)/b30-28+,38-36+. The molecule has 19 nitrogen and oxygen atoms in total. The summed E-state index contributed by atoms with van der Waals surface area (Å²) in [5.74, 6) is -0.283. The van der Waals surface area contributed by atoms with Crippen LogP contribution in [0, 0.1) is 0 Å². The molecule has 19 heteroatoms. The number of unbranched alkanes of at least 4 members (excludes halogenated alkanes) is 29. The summed E-state index contributed by atoms with van der Waals surface area (Å²) in [4.78, 5) is 13.3. The van der Waals surface area contributed by atoms with E-state index in [0.717, 1.165) is 38.5 Å². The molecule has 3 aliphatic heterocycles. The molecular weight excluding hydrogens is 1030 g/mol. The maximum absolute atomic E-state index is 13.3. The van der Waals surface area contributed by atoms with Crippen molar-refractivity contribution in [2.45, 2.75) is 330 Å². The monoisotopic (exact) mass is 1150 g/mol. The molecule has 0 bridgehead atoms. The minimum Gasteiger partial charge on any atom is -0.394 e. The zero-order valence-corrected chi connectivity index (χ0v) is 49.1. The Morgan fingerprint density at radius 3 is 1.25 bits per heavy atom. The number of allylic oxidation sites excluding steroid dienone is 3. The number of rotatable bonds is 47. The fraction of sp³-hybridized carbons (Fsp3) is 0.918. The highest BCUT2D eigenvalue weighted by atomic mass is 16.8. The minimum atomic E-state index is -1.98. The average Bonchev–Trinajstić information content (AvgIpc) is 3.50. The Morgan fingerprint density at radius 2 is 0.800 bits per heavy atom. The maximum Gasteiger partial charge on any atom is 0.220 e. The van der Waals surface area contributed by atoms with Crippen LogP contribution in [0.2, 0.25) is 0 Å². The fourth-order valence-corrected chi connectivity index (χ4v) is 10.8. The van der Waals surface area contributed by atoms with E-state index >= 15 is 0 Å². The second-order valence-electron chi connectivity index (χ2n) is 22.9. The van der Waals surface area contributed by atoms with Crippen LogP contribution in [0.25, 0.3) is 0 Å². The average molecular weight is 1150 g/mol. The third-order valence-corrected chi connectivity index (χ3v) is 16.0. The van der Waals surface area contributed by atoms with Gasteiger partial charge < -0.3 is 89.9 Å². The summed E-state index contributed by atoms with van der Waals surface area (Å²) in [7, 11) is 0. The lowest BCUT2D eigenvalue weighted by Crippen LogP contribution is -2.66. The largest absolute Gasteiger partial charge is 0.394 e. The van der Waals surface area contributed by atoms with Crippen molar-refractivity contribution in [3.05, 3.63) is 24.3 Å². The van der Waals surface area contributed by atoms with Gasteiger partial charge in [0.1, 0.15) is 73.2 Å². The summed E-state index contributed by atoms with van der Waals surface area (Å²) in [6.45, 7) is 1.71. The van der Waals surface area contributed by atoms with Crippen LogP contribution in [0.1, 0.15) is 226 Å². The van der Waals surface area contributed by atoms with Gasteiger partial charge in [-0.05, 0) is 32.1 Å². The number of aliphatic hydroxyl groups is 11. The lowest BCUT2D eigenvalue weighted by atomic mass is 9.96. The molecule has 17 unspecified atom stereocenters. The highest BCUT2D eigenvalue weighted by molar-refractivity contribution is 5.76. The van der Waals surface area contributed by atoms with E-state index in [1.165, 1.54) is 154 Å². The van der Waals surface area contributed by atoms with E-state index in [9.17, 15) is 61.0 Å². The van der Waals surface area contributed by atoms with Gasteiger partial charge in [-0.25, -0.2) is 0 Å². The molecule has 17 atom stereocenters. The van der Waals surface area contributed by atoms with Crippen LogP contribution in [0.5, 0.6) is 0 Å². The predicted octanol–water partition coefficient (Wildman–Crippen LogP) is 6.32. The summed E-state index contributed by atoms with van der Waals surface area (Å²) >= 11 is 0. The van der Waals surface area contributed by atoms with Gasteiger partial charge in [0.25, 0.3) is 0 Å². The Kier molecular flexibility index (Phi) is 40.5. The molecule has 80 heavy (non-hydrogen) atoms. The van der Waals surface area contributed by atoms with Crippen molar-refractivity contribution in [1.82, 2.24) is 5.32 Å². The molecule has 0 radical (unpaired) electrons. The van der Waals surface area contributed by atoms with Gasteiger partial charge in [0.15, 0.2) is 18.9 Å². The number of carbonyl (C=O) groups excluding carboxylic acids is 1. The van der Waals surface area contributed by atoms with Crippen LogP contribution in [-0.2, 0) is 33.2 Å². The molecule has 3 aliphatic rings. The van der Waals surface area contributed by atoms with Crippen LogP contribution in [0.4, 0.5) is 0 Å². The van der Waals surface area contributed by atoms with Crippen molar-refractivity contribution < 1.29 is 89.4 Å². The predicted molar refractivity (Wildman–Crippen MR) is 305 cm³/mol. The highest BCUT2D eigenvalue weighted by Gasteiger charge is 2.53. The molecule has 3 saturated heterocycles. The zero-order chi connectivity index (χ0) is 58.3. The van der Waals surface area contributed by atoms with Gasteiger partial charge in [0.2, 0.25) is 5.91 Å². The molecule has 0 aromatic heterocycles. The normalized spacial score (nSPS) is 30.1. The molecule has 0 spiro atoms. The van der Waals surface area contributed by atoms with E-state index in [4.69, 9.17) is 28.4 Å². The first-order valence-corrected chi connectivity index (χ1v) is 31.6. The van der Waals surface area contributed by atoms with E-state index in [2.05, 4.69) is 31.3 Å². The third-order valence-electron chi connectivity index (χ3n) is 16.0. The van der Waals surface area contributed by atoms with Gasteiger partial charge in [-0.15, -0.1) is 0 Å². The van der Waals surface area contributed by atoms with Crippen LogP contribution >= 0.6 is 0 Å². The molecule has 3 rings (SSSR count). The Morgan fingerprint density at radius 1 is 0.438 bits per heavy atom. The number of hydrogen-bond acceptors (Lipinski definition) is 18. The van der Waals surface area contributed by atoms with E-state index in [1.807, 2.05) is 6.08 Å². The quantitative estimate of drug-likeness (QED) is 0.0234. The molecule has 0 aliphatic carbocycles. The molecule has 12 N–H and O–H groups in total. The summed E-state index contributed by atoms with van der Waals surface area (Å²) in [5.41, 5.74) is 0. The third kappa shape index (κ3) is 28.0. The van der Waals surface area contributed by atoms with Crippen LogP contribution < -0.4 is 5.32 Å². The van der Waals surface area contributed by atoms with E-state index in [-0.39, 0.29) is 18.9 Å². The summed E-state index contributed by atoms with van der Waals surface area (Å²) in [6.07, 6.45) is 20.2. The zero-order valence-electron chi connectivity index (χ0n) is 49.1. The SMILES string of the molecule is CCCCCCCCCC/C=C/CC/C=C/C(O)C(COC1OC(CO)C(OC2OC(CO)C(OC3OC(CO)C(O)C(O)C3O)C(O)C2O)C(O)C1O)NC(=O)CCCCCCCCCCCCCCCCCCCCCCC. The van der Waals surface area contributed by atoms with Gasteiger partial charge >= 0.3 is 0 Å². The van der Waals surface area contributed by atoms with Gasteiger partial charge in [0.05, 0.1) is 38.6 Å². The molecule has 0 aromatic rings. The number of hydrogen-bond donors (Lipinski definition) is 12. The van der Waals surface area contributed by atoms with Crippen molar-refractivity contribution >= 4 is 5.91 Å². The fourth-order valence-electron chi connectivity index (χ4n) is 10.8. The first kappa shape index (κ1) is 72.5. The van der Waals surface area contributed by atoms with Crippen molar-refractivity contribution in [2.24, 2.45) is 0 Å². The molecule has 3 fully saturated rings. The molecule has 0 saturated carbocycles. The molecule has 3 heterocycles. The first-order valence-electron chi connectivity index (χ1n) is 31.6. The Bertz CT molecular complexity index is 1560. The number of carbonyl (C=O) groups is 1. The summed E-state index contributed by atoms with van der Waals surface area (Å²) < 4.78 is 34.2. The smallest absolute Gasteiger partial charge is 0.220 e. The number of aliphatic hydroxyl groups excluding tert-OH is 11. The minimum absolute atomic E-state index is 0.240. The number of nitrogens with one attached hydrogen (secondary N) is 1. The Hall–Kier alpha value is -1.73. The van der Waals surface area contributed by atoms with E-state index < -0.39 is 124 Å².